The Labute approximate surface area is 134 Å². The molecule has 2 N–H and O–H groups in total. The van der Waals surface area contributed by atoms with Crippen LogP contribution >= 0.6 is 0 Å². The Balaban J connectivity index is 1.59. The third-order valence-electron chi connectivity index (χ3n) is 3.81. The van der Waals surface area contributed by atoms with E-state index in [0.29, 0.717) is 31.9 Å². The number of alkyl halides is 1. The molecule has 1 saturated heterocycles. The number of aromatic nitrogens is 5. The van der Waals surface area contributed by atoms with Crippen LogP contribution < -0.4 is 5.32 Å². The van der Waals surface area contributed by atoms with Crippen LogP contribution in [0.4, 0.5) is 4.39 Å². The van der Waals surface area contributed by atoms with E-state index in [4.69, 9.17) is 0 Å². The lowest BCUT2D eigenvalue weighted by Gasteiger charge is -2.14. The van der Waals surface area contributed by atoms with E-state index < -0.39 is 6.17 Å². The van der Waals surface area contributed by atoms with Crippen molar-refractivity contribution in [1.29, 1.82) is 0 Å². The summed E-state index contributed by atoms with van der Waals surface area (Å²) >= 11 is 0. The van der Waals surface area contributed by atoms with Crippen LogP contribution in [0.2, 0.25) is 0 Å². The van der Waals surface area contributed by atoms with Crippen LogP contribution in [-0.2, 0) is 13.1 Å². The molecule has 2 aromatic rings. The van der Waals surface area contributed by atoms with Gasteiger partial charge in [-0.05, 0) is 27.0 Å². The quantitative estimate of drug-likeness (QED) is 0.862. The second-order valence-corrected chi connectivity index (χ2v) is 6.15. The molecule has 0 spiro atoms. The number of rotatable bonds is 5. The maximum Gasteiger partial charge on any atom is 0.167 e. The lowest BCUT2D eigenvalue weighted by atomic mass is 10.2. The Morgan fingerprint density at radius 2 is 2.09 bits per heavy atom. The molecule has 3 heterocycles. The number of aryl methyl sites for hydroxylation is 2. The minimum atomic E-state index is -0.811. The van der Waals surface area contributed by atoms with Crippen molar-refractivity contribution >= 4 is 0 Å². The lowest BCUT2D eigenvalue weighted by molar-refractivity contribution is 0.306. The number of hydrogen-bond acceptors (Lipinski definition) is 6. The lowest BCUT2D eigenvalue weighted by Crippen LogP contribution is -2.19. The van der Waals surface area contributed by atoms with Crippen LogP contribution in [-0.4, -0.2) is 49.8 Å². The summed E-state index contributed by atoms with van der Waals surface area (Å²) in [5.74, 6) is 2.19. The molecule has 0 unspecified atom stereocenters. The predicted octanol–water partition coefficient (Wildman–Crippen LogP) is 1.22. The molecule has 23 heavy (non-hydrogen) atoms. The average molecular weight is 319 g/mol. The molecule has 3 rings (SSSR count). The summed E-state index contributed by atoms with van der Waals surface area (Å²) < 4.78 is 13.2. The van der Waals surface area contributed by atoms with E-state index in [1.807, 2.05) is 27.0 Å². The fourth-order valence-corrected chi connectivity index (χ4v) is 2.89. The van der Waals surface area contributed by atoms with Gasteiger partial charge in [0.1, 0.15) is 17.8 Å². The molecule has 1 aliphatic heterocycles. The van der Waals surface area contributed by atoms with Crippen LogP contribution in [0.5, 0.6) is 0 Å². The Morgan fingerprint density at radius 1 is 1.26 bits per heavy atom. The monoisotopic (exact) mass is 319 g/mol. The van der Waals surface area contributed by atoms with Crippen molar-refractivity contribution in [3.63, 3.8) is 0 Å². The van der Waals surface area contributed by atoms with Gasteiger partial charge in [-0.25, -0.2) is 19.3 Å². The fourth-order valence-electron chi connectivity index (χ4n) is 2.89. The van der Waals surface area contributed by atoms with Gasteiger partial charge in [-0.3, -0.25) is 10.00 Å². The summed E-state index contributed by atoms with van der Waals surface area (Å²) in [4.78, 5) is 15.3. The highest BCUT2D eigenvalue weighted by atomic mass is 19.1. The van der Waals surface area contributed by atoms with Crippen LogP contribution in [0, 0.1) is 13.8 Å². The summed E-state index contributed by atoms with van der Waals surface area (Å²) in [6.45, 7) is 5.57. The van der Waals surface area contributed by atoms with Gasteiger partial charge in [0.25, 0.3) is 0 Å². The number of halogens is 1. The van der Waals surface area contributed by atoms with Gasteiger partial charge in [-0.15, -0.1) is 0 Å². The van der Waals surface area contributed by atoms with Crippen molar-refractivity contribution in [1.82, 2.24) is 35.4 Å². The molecule has 0 bridgehead atoms. The first-order valence-electron chi connectivity index (χ1n) is 7.78. The highest BCUT2D eigenvalue weighted by molar-refractivity contribution is 5.09. The Bertz CT molecular complexity index is 651. The van der Waals surface area contributed by atoms with Crippen molar-refractivity contribution in [3.8, 4) is 0 Å². The van der Waals surface area contributed by atoms with Crippen molar-refractivity contribution in [2.45, 2.75) is 45.6 Å². The molecule has 0 aromatic carbocycles. The fraction of sp³-hybridized carbons (Fsp3) is 0.600. The molecule has 8 heteroatoms. The molecule has 1 aliphatic rings. The van der Waals surface area contributed by atoms with Gasteiger partial charge in [-0.2, -0.15) is 5.10 Å². The van der Waals surface area contributed by atoms with E-state index in [9.17, 15) is 4.39 Å². The average Bonchev–Trinajstić information content (AvgIpc) is 3.06. The van der Waals surface area contributed by atoms with Crippen LogP contribution in [0.15, 0.2) is 6.07 Å². The Morgan fingerprint density at radius 3 is 2.78 bits per heavy atom. The molecule has 0 radical (unpaired) electrons. The topological polar surface area (TPSA) is 82.6 Å². The number of nitrogens with one attached hydrogen (secondary N) is 2. The molecule has 7 nitrogen and oxygen atoms in total. The van der Waals surface area contributed by atoms with E-state index >= 15 is 0 Å². The minimum absolute atomic E-state index is 0.0903. The minimum Gasteiger partial charge on any atom is -0.304 e. The van der Waals surface area contributed by atoms with Gasteiger partial charge < -0.3 is 5.32 Å². The van der Waals surface area contributed by atoms with E-state index in [1.54, 1.807) is 0 Å². The molecular formula is C15H22FN7. The van der Waals surface area contributed by atoms with E-state index in [-0.39, 0.29) is 6.04 Å². The second kappa shape index (κ2) is 6.67. The third-order valence-corrected chi connectivity index (χ3v) is 3.81. The van der Waals surface area contributed by atoms with E-state index in [0.717, 1.165) is 23.0 Å². The molecule has 0 amide bonds. The zero-order chi connectivity index (χ0) is 16.4. The molecule has 2 aromatic heterocycles. The van der Waals surface area contributed by atoms with Gasteiger partial charge in [0, 0.05) is 25.2 Å². The molecule has 0 aliphatic carbocycles. The summed E-state index contributed by atoms with van der Waals surface area (Å²) in [6, 6.07) is 1.89. The van der Waals surface area contributed by atoms with Gasteiger partial charge >= 0.3 is 0 Å². The molecular weight excluding hydrogens is 297 g/mol. The standard InChI is InChI=1S/C15H22FN7/c1-9-4-12(19-10(2)18-9)7-23(3)8-14-20-15(22-21-14)13-5-11(16)6-17-13/h4,11,13,17H,5-8H2,1-3H3,(H,20,21,22)/t11-,13+/m0/s1. The largest absolute Gasteiger partial charge is 0.304 e. The van der Waals surface area contributed by atoms with Gasteiger partial charge in [0.05, 0.1) is 18.3 Å². The second-order valence-electron chi connectivity index (χ2n) is 6.15. The predicted molar refractivity (Wildman–Crippen MR) is 83.3 cm³/mol. The molecule has 2 atom stereocenters. The molecule has 124 valence electrons. The maximum atomic E-state index is 13.2. The maximum absolute atomic E-state index is 13.2. The van der Waals surface area contributed by atoms with Crippen molar-refractivity contribution in [2.75, 3.05) is 13.6 Å². The highest BCUT2D eigenvalue weighted by Crippen LogP contribution is 2.22. The Kier molecular flexibility index (Phi) is 4.63. The van der Waals surface area contributed by atoms with E-state index in [2.05, 4.69) is 35.4 Å². The first-order valence-corrected chi connectivity index (χ1v) is 7.78. The summed E-state index contributed by atoms with van der Waals surface area (Å²) in [5, 5.41) is 10.2. The Hall–Kier alpha value is -1.93. The van der Waals surface area contributed by atoms with Gasteiger partial charge in [-0.1, -0.05) is 0 Å². The first-order chi connectivity index (χ1) is 11.0. The van der Waals surface area contributed by atoms with Crippen molar-refractivity contribution < 1.29 is 4.39 Å². The van der Waals surface area contributed by atoms with Crippen molar-refractivity contribution in [3.05, 3.63) is 34.9 Å². The van der Waals surface area contributed by atoms with E-state index in [1.165, 1.54) is 0 Å². The zero-order valence-corrected chi connectivity index (χ0v) is 13.7. The van der Waals surface area contributed by atoms with Crippen LogP contribution in [0.1, 0.15) is 41.3 Å². The SMILES string of the molecule is Cc1cc(CN(C)Cc2nc([C@H]3C[C@H](F)CN3)n[nH]2)nc(C)n1. The zero-order valence-electron chi connectivity index (χ0n) is 13.7. The third kappa shape index (κ3) is 4.08. The summed E-state index contributed by atoms with van der Waals surface area (Å²) in [7, 11) is 2.00. The molecule has 0 saturated carbocycles. The summed E-state index contributed by atoms with van der Waals surface area (Å²) in [5.41, 5.74) is 1.95. The molecule has 1 fully saturated rings. The highest BCUT2D eigenvalue weighted by Gasteiger charge is 2.27. The summed E-state index contributed by atoms with van der Waals surface area (Å²) in [6.07, 6.45) is -0.374. The van der Waals surface area contributed by atoms with Crippen LogP contribution in [0.25, 0.3) is 0 Å². The van der Waals surface area contributed by atoms with Crippen molar-refractivity contribution in [2.24, 2.45) is 0 Å². The number of aromatic amines is 1. The smallest absolute Gasteiger partial charge is 0.167 e. The number of hydrogen-bond donors (Lipinski definition) is 2. The number of nitrogens with zero attached hydrogens (tertiary/aromatic N) is 5. The normalized spacial score (nSPS) is 21.3. The van der Waals surface area contributed by atoms with Gasteiger partial charge in [0.2, 0.25) is 0 Å². The van der Waals surface area contributed by atoms with Gasteiger partial charge in [0.15, 0.2) is 5.82 Å². The number of H-pyrrole nitrogens is 1. The van der Waals surface area contributed by atoms with Crippen LogP contribution in [0.3, 0.4) is 0 Å². The first kappa shape index (κ1) is 15.9.